The first-order valence-electron chi connectivity index (χ1n) is 27.8. The summed E-state index contributed by atoms with van der Waals surface area (Å²) < 4.78 is 118. The number of fused-ring (bicyclic) bond motifs is 2. The van der Waals surface area contributed by atoms with Gasteiger partial charge in [0.1, 0.15) is 34.8 Å². The molecule has 1 amide bonds. The predicted octanol–water partition coefficient (Wildman–Crippen LogP) is 4.14. The van der Waals surface area contributed by atoms with Gasteiger partial charge in [-0.25, -0.2) is 47.1 Å². The maximum Gasteiger partial charge on any atom is 0.334 e. The number of nitrogens with one attached hydrogen (secondary N) is 1. The first kappa shape index (κ1) is 82.9. The average molecular weight is 1410 g/mol. The van der Waals surface area contributed by atoms with Gasteiger partial charge in [0.25, 0.3) is 20.2 Å². The van der Waals surface area contributed by atoms with Crippen molar-refractivity contribution >= 4 is 93.8 Å². The van der Waals surface area contributed by atoms with Gasteiger partial charge < -0.3 is 52.6 Å². The molecule has 2 unspecified atom stereocenters. The van der Waals surface area contributed by atoms with Crippen LogP contribution in [0.1, 0.15) is 40.1 Å². The van der Waals surface area contributed by atoms with Crippen molar-refractivity contribution in [2.75, 3.05) is 110 Å². The Labute approximate surface area is 561 Å². The number of imidazole rings is 2. The molecule has 4 aromatic heterocycles. The van der Waals surface area contributed by atoms with E-state index in [1.807, 2.05) is 120 Å². The second-order valence-corrected chi connectivity index (χ2v) is 24.3. The molecule has 32 nitrogen and oxygen atoms in total. The minimum Gasteiger partial charge on any atom is -0.750 e. The van der Waals surface area contributed by atoms with Crippen molar-refractivity contribution in [3.05, 3.63) is 172 Å². The lowest BCUT2D eigenvalue weighted by Gasteiger charge is -2.25. The molecular formula is C60H78N14O18S4-2. The molecule has 0 fully saturated rings. The molecule has 0 saturated heterocycles. The third-order valence-corrected chi connectivity index (χ3v) is 12.7. The zero-order valence-corrected chi connectivity index (χ0v) is 58.3. The molecule has 0 spiro atoms. The Balaban J connectivity index is 0.000000504. The van der Waals surface area contributed by atoms with Gasteiger partial charge in [-0.2, -0.15) is 22.1 Å². The molecule has 0 radical (unpaired) electrons. The van der Waals surface area contributed by atoms with Gasteiger partial charge in [-0.3, -0.25) is 27.8 Å². The van der Waals surface area contributed by atoms with E-state index in [1.54, 1.807) is 77.2 Å². The van der Waals surface area contributed by atoms with E-state index in [4.69, 9.17) is 60.4 Å². The molecule has 4 aromatic carbocycles. The fraction of sp³-hybridized carbons (Fsp3) is 0.317. The molecule has 8 aromatic rings. The van der Waals surface area contributed by atoms with Crippen molar-refractivity contribution in [2.45, 2.75) is 19.8 Å². The number of aromatic nitrogens is 8. The van der Waals surface area contributed by atoms with Crippen molar-refractivity contribution in [2.24, 2.45) is 14.1 Å². The summed E-state index contributed by atoms with van der Waals surface area (Å²) in [5, 5.41) is 10.2. The fourth-order valence-corrected chi connectivity index (χ4v) is 8.61. The quantitative estimate of drug-likeness (QED) is 0.0310. The number of ketones is 1. The standard InChI is InChI=1S/C28H33N7O3.C28H32N6O3.C2H3N.2CH4O3S.2H2O3S/c1-7-27(36)30-20-16-19(24(38-6)18-23(20)33(4)15-14-32(2)3)17-25-29-13-12-26(31-25)35-22-11-9-8-10-21(22)34(5)28(35)37;1-7-24(35)20-16-19(25(37-6)18-23(20)32(4)15-14-31(2)3)17-26-29-13-12-27(30-26)34-22-11-9-8-10-21(22)33(5)28(34)36;1-2-3;2*1-5(2,3)4;2*1-4(2)3/h7-13,16,18H,1,14-15,17H2,2-6H3,(H,30,36);7-13,16,18H,1,14-15,17H2,2-6H3;1H3;2*1H3,(H,2,3,4);2*(H2,1,2,3)/p-2. The van der Waals surface area contributed by atoms with Crippen molar-refractivity contribution < 1.29 is 71.6 Å². The van der Waals surface area contributed by atoms with Crippen LogP contribution in [-0.4, -0.2) is 207 Å². The molecule has 0 aliphatic heterocycles. The molecule has 0 saturated carbocycles. The van der Waals surface area contributed by atoms with E-state index in [2.05, 4.69) is 43.1 Å². The normalized spacial score (nSPS) is 11.3. The lowest BCUT2D eigenvalue weighted by molar-refractivity contribution is -0.111. The maximum atomic E-state index is 13.0. The summed E-state index contributed by atoms with van der Waals surface area (Å²) >= 11 is -5.72. The topological polar surface area (TPSA) is 436 Å². The Kier molecular flexibility index (Phi) is 34.2. The lowest BCUT2D eigenvalue weighted by Crippen LogP contribution is -2.29. The van der Waals surface area contributed by atoms with Gasteiger partial charge in [0.15, 0.2) is 5.78 Å². The van der Waals surface area contributed by atoms with Crippen molar-refractivity contribution in [3.8, 4) is 29.2 Å². The van der Waals surface area contributed by atoms with Gasteiger partial charge in [0.2, 0.25) is 5.91 Å². The minimum atomic E-state index is -3.67. The number of amides is 1. The van der Waals surface area contributed by atoms with Gasteiger partial charge >= 0.3 is 11.4 Å². The predicted molar refractivity (Wildman–Crippen MR) is 366 cm³/mol. The molecule has 2 atom stereocenters. The second kappa shape index (κ2) is 39.6. The van der Waals surface area contributed by atoms with Crippen molar-refractivity contribution in [3.63, 3.8) is 0 Å². The molecule has 96 heavy (non-hydrogen) atoms. The number of ether oxygens (including phenoxy) is 2. The first-order chi connectivity index (χ1) is 44.8. The Morgan fingerprint density at radius 2 is 0.990 bits per heavy atom. The summed E-state index contributed by atoms with van der Waals surface area (Å²) in [6.07, 6.45) is 7.91. The third-order valence-electron chi connectivity index (χ3n) is 12.7. The van der Waals surface area contributed by atoms with Crippen LogP contribution >= 0.6 is 0 Å². The van der Waals surface area contributed by atoms with Crippen LogP contribution in [0.25, 0.3) is 33.7 Å². The summed E-state index contributed by atoms with van der Waals surface area (Å²) in [7, 11) is 11.3. The van der Waals surface area contributed by atoms with E-state index in [9.17, 15) is 36.0 Å². The highest BCUT2D eigenvalue weighted by Gasteiger charge is 2.22. The molecule has 522 valence electrons. The van der Waals surface area contributed by atoms with Crippen LogP contribution in [0.3, 0.4) is 0 Å². The Morgan fingerprint density at radius 1 is 0.646 bits per heavy atom. The Morgan fingerprint density at radius 3 is 1.33 bits per heavy atom. The number of allylic oxidation sites excluding steroid dienone is 1. The number of likely N-dealkylation sites (N-methyl/N-ethyl adjacent to an activating group) is 4. The van der Waals surface area contributed by atoms with Crippen LogP contribution in [0.5, 0.6) is 11.5 Å². The third kappa shape index (κ3) is 27.6. The van der Waals surface area contributed by atoms with Gasteiger partial charge in [-0.1, -0.05) is 37.4 Å². The van der Waals surface area contributed by atoms with Gasteiger partial charge in [-0.15, -0.1) is 0 Å². The molecule has 5 N–H and O–H groups in total. The smallest absolute Gasteiger partial charge is 0.334 e. The number of hydrogen-bond donors (Lipinski definition) is 5. The fourth-order valence-electron chi connectivity index (χ4n) is 8.61. The van der Waals surface area contributed by atoms with Crippen molar-refractivity contribution in [1.29, 1.82) is 5.26 Å². The largest absolute Gasteiger partial charge is 0.750 e. The van der Waals surface area contributed by atoms with E-state index >= 15 is 0 Å². The highest BCUT2D eigenvalue weighted by Crippen LogP contribution is 2.35. The van der Waals surface area contributed by atoms with E-state index in [1.165, 1.54) is 19.1 Å². The molecule has 0 aliphatic rings. The number of anilines is 3. The summed E-state index contributed by atoms with van der Waals surface area (Å²) in [6.45, 7) is 11.8. The Hall–Kier alpha value is -9.23. The van der Waals surface area contributed by atoms with E-state index in [-0.39, 0.29) is 23.1 Å². The summed E-state index contributed by atoms with van der Waals surface area (Å²) in [5.74, 6) is 2.76. The number of hydrogen-bond acceptors (Lipinski definition) is 23. The Bertz CT molecular complexity index is 4350. The average Bonchev–Trinajstić information content (AvgIpc) is 1.58. The summed E-state index contributed by atoms with van der Waals surface area (Å²) in [4.78, 5) is 77.7. The van der Waals surface area contributed by atoms with E-state index in [0.29, 0.717) is 71.4 Å². The molecule has 0 bridgehead atoms. The van der Waals surface area contributed by atoms with Crippen LogP contribution < -0.4 is 36.0 Å². The second-order valence-electron chi connectivity index (χ2n) is 20.5. The number of rotatable bonds is 20. The number of carbonyl (C=O) groups excluding carboxylic acids is 2. The maximum absolute atomic E-state index is 13.0. The van der Waals surface area contributed by atoms with Crippen LogP contribution in [0, 0.1) is 11.3 Å². The number of nitrogens with zero attached hydrogens (tertiary/aromatic N) is 13. The van der Waals surface area contributed by atoms with Crippen LogP contribution in [0.4, 0.5) is 17.1 Å². The zero-order valence-electron chi connectivity index (χ0n) is 55.0. The molecular weight excluding hydrogens is 1330 g/mol. The highest BCUT2D eigenvalue weighted by atomic mass is 32.2. The van der Waals surface area contributed by atoms with Crippen molar-refractivity contribution in [1.82, 2.24) is 48.0 Å². The molecule has 0 aliphatic carbocycles. The zero-order chi connectivity index (χ0) is 72.9. The lowest BCUT2D eigenvalue weighted by atomic mass is 10.0. The minimum absolute atomic E-state index is 0.174. The SMILES string of the molecule is C=CC(=O)Nc1cc(Cc2nccc(-n3c(=O)n(C)c4ccccc43)n2)c(OC)cc1N(C)CCN(C)C.C=CC(=O)c1cc(Cc2nccc(-n3c(=O)n(C)c4ccccc43)n2)c(OC)cc1N(C)CCN(C)C.CC#N.CS(=O)(=O)O.CS(=O)(=O)O.O=S([O-])O.O=S([O-])O. The summed E-state index contributed by atoms with van der Waals surface area (Å²) in [6, 6.07) is 27.8. The number of para-hydroxylation sites is 4. The van der Waals surface area contributed by atoms with Crippen LogP contribution in [0.2, 0.25) is 0 Å². The molecule has 8 rings (SSSR count). The van der Waals surface area contributed by atoms with Gasteiger partial charge in [0.05, 0.1) is 94.7 Å². The number of methoxy groups -OCH3 is 2. The van der Waals surface area contributed by atoms with Crippen LogP contribution in [0.15, 0.2) is 132 Å². The number of nitriles is 1. The number of aryl methyl sites for hydroxylation is 2. The summed E-state index contributed by atoms with van der Waals surface area (Å²) in [5.41, 5.74) is 7.10. The monoisotopic (exact) mass is 1410 g/mol. The van der Waals surface area contributed by atoms with Gasteiger partial charge in [-0.05, 0) is 88.9 Å². The number of benzene rings is 4. The molecule has 4 heterocycles. The van der Waals surface area contributed by atoms with E-state index < -0.39 is 43.0 Å². The van der Waals surface area contributed by atoms with Gasteiger partial charge in [0, 0.05) is 115 Å². The highest BCUT2D eigenvalue weighted by molar-refractivity contribution is 7.85. The number of carbonyl (C=O) groups is 2. The van der Waals surface area contributed by atoms with Crippen LogP contribution in [-0.2, 0) is 74.7 Å². The van der Waals surface area contributed by atoms with E-state index in [0.717, 1.165) is 70.7 Å². The first-order valence-corrected chi connectivity index (χ1v) is 33.6. The molecule has 36 heteroatoms.